The van der Waals surface area contributed by atoms with Gasteiger partial charge in [-0.05, 0) is 18.6 Å². The Labute approximate surface area is 153 Å². The van der Waals surface area contributed by atoms with Gasteiger partial charge < -0.3 is 5.32 Å². The number of nitrogens with one attached hydrogen (secondary N) is 1. The van der Waals surface area contributed by atoms with Crippen molar-refractivity contribution in [1.29, 1.82) is 5.26 Å². The SMILES string of the molecule is Cc1ccc(/C=C(\C#N)C(=O)Nc2c(Cl)cc([N+](=O)[O-])cc2Cl)cc1. The van der Waals surface area contributed by atoms with Crippen molar-refractivity contribution in [2.75, 3.05) is 5.32 Å². The Kier molecular flexibility index (Phi) is 5.75. The number of halogens is 2. The standard InChI is InChI=1S/C17H11Cl2N3O3/c1-10-2-4-11(5-3-10)6-12(9-20)17(23)21-16-14(18)7-13(22(24)25)8-15(16)19/h2-8H,1H3,(H,21,23)/b12-6+. The van der Waals surface area contributed by atoms with E-state index in [0.717, 1.165) is 17.7 Å². The van der Waals surface area contributed by atoms with Crippen LogP contribution in [0, 0.1) is 28.4 Å². The van der Waals surface area contributed by atoms with Crippen LogP contribution in [0.2, 0.25) is 10.0 Å². The predicted molar refractivity (Wildman–Crippen MR) is 96.5 cm³/mol. The highest BCUT2D eigenvalue weighted by Gasteiger charge is 2.18. The number of benzene rings is 2. The summed E-state index contributed by atoms with van der Waals surface area (Å²) in [6.45, 7) is 1.92. The molecular weight excluding hydrogens is 365 g/mol. The molecule has 1 amide bonds. The van der Waals surface area contributed by atoms with Crippen molar-refractivity contribution in [2.45, 2.75) is 6.92 Å². The zero-order valence-corrected chi connectivity index (χ0v) is 14.4. The number of amides is 1. The lowest BCUT2D eigenvalue weighted by Gasteiger charge is -2.09. The number of nitriles is 1. The second kappa shape index (κ2) is 7.79. The zero-order chi connectivity index (χ0) is 18.6. The lowest BCUT2D eigenvalue weighted by Crippen LogP contribution is -2.14. The maximum atomic E-state index is 12.3. The van der Waals surface area contributed by atoms with Crippen molar-refractivity contribution in [3.63, 3.8) is 0 Å². The molecule has 0 atom stereocenters. The van der Waals surface area contributed by atoms with Crippen molar-refractivity contribution in [1.82, 2.24) is 0 Å². The minimum absolute atomic E-state index is 0.00369. The largest absolute Gasteiger partial charge is 0.319 e. The fourth-order valence-corrected chi connectivity index (χ4v) is 2.51. The zero-order valence-electron chi connectivity index (χ0n) is 12.9. The Morgan fingerprint density at radius 3 is 2.28 bits per heavy atom. The van der Waals surface area contributed by atoms with E-state index in [4.69, 9.17) is 23.2 Å². The van der Waals surface area contributed by atoms with E-state index in [2.05, 4.69) is 5.32 Å². The molecular formula is C17H11Cl2N3O3. The first-order valence-corrected chi connectivity index (χ1v) is 7.70. The molecule has 0 bridgehead atoms. The van der Waals surface area contributed by atoms with Crippen LogP contribution in [0.25, 0.3) is 6.08 Å². The molecule has 2 aromatic rings. The van der Waals surface area contributed by atoms with E-state index in [1.54, 1.807) is 12.1 Å². The summed E-state index contributed by atoms with van der Waals surface area (Å²) < 4.78 is 0. The molecule has 25 heavy (non-hydrogen) atoms. The van der Waals surface area contributed by atoms with E-state index in [9.17, 15) is 20.2 Å². The van der Waals surface area contributed by atoms with E-state index in [1.165, 1.54) is 6.08 Å². The molecule has 1 N–H and O–H groups in total. The average Bonchev–Trinajstić information content (AvgIpc) is 2.57. The number of nitro benzene ring substituents is 1. The Bertz CT molecular complexity index is 893. The Morgan fingerprint density at radius 1 is 1.24 bits per heavy atom. The van der Waals surface area contributed by atoms with Gasteiger partial charge in [0.25, 0.3) is 11.6 Å². The molecule has 0 unspecified atom stereocenters. The van der Waals surface area contributed by atoms with Crippen LogP contribution in [0.3, 0.4) is 0 Å². The number of rotatable bonds is 4. The summed E-state index contributed by atoms with van der Waals surface area (Å²) in [5, 5.41) is 22.2. The van der Waals surface area contributed by atoms with Crippen LogP contribution in [-0.4, -0.2) is 10.8 Å². The molecule has 0 heterocycles. The second-order valence-corrected chi connectivity index (χ2v) is 5.89. The summed E-state index contributed by atoms with van der Waals surface area (Å²) in [7, 11) is 0. The second-order valence-electron chi connectivity index (χ2n) is 5.08. The number of nitro groups is 1. The van der Waals surface area contributed by atoms with Gasteiger partial charge in [0.2, 0.25) is 0 Å². The Hall–Kier alpha value is -2.88. The van der Waals surface area contributed by atoms with Crippen LogP contribution < -0.4 is 5.32 Å². The van der Waals surface area contributed by atoms with Gasteiger partial charge in [-0.1, -0.05) is 53.0 Å². The van der Waals surface area contributed by atoms with Gasteiger partial charge in [0.15, 0.2) is 0 Å². The molecule has 2 aromatic carbocycles. The molecule has 0 aliphatic carbocycles. The van der Waals surface area contributed by atoms with Gasteiger partial charge in [0, 0.05) is 12.1 Å². The van der Waals surface area contributed by atoms with Crippen molar-refractivity contribution in [3.05, 3.63) is 73.3 Å². The first-order valence-electron chi connectivity index (χ1n) is 6.95. The topological polar surface area (TPSA) is 96.0 Å². The molecule has 6 nitrogen and oxygen atoms in total. The van der Waals surface area contributed by atoms with Crippen LogP contribution in [-0.2, 0) is 4.79 Å². The third-order valence-electron chi connectivity index (χ3n) is 3.23. The normalized spacial score (nSPS) is 10.9. The predicted octanol–water partition coefficient (Wildman–Crippen LogP) is 4.76. The number of hydrogen-bond acceptors (Lipinski definition) is 4. The lowest BCUT2D eigenvalue weighted by molar-refractivity contribution is -0.384. The monoisotopic (exact) mass is 375 g/mol. The maximum absolute atomic E-state index is 12.3. The summed E-state index contributed by atoms with van der Waals surface area (Å²) in [6.07, 6.45) is 1.42. The van der Waals surface area contributed by atoms with E-state index in [1.807, 2.05) is 25.1 Å². The third kappa shape index (κ3) is 4.57. The molecule has 2 rings (SSSR count). The summed E-state index contributed by atoms with van der Waals surface area (Å²) in [5.41, 5.74) is 1.27. The van der Waals surface area contributed by atoms with Crippen molar-refractivity contribution < 1.29 is 9.72 Å². The number of aryl methyl sites for hydroxylation is 1. The average molecular weight is 376 g/mol. The highest BCUT2D eigenvalue weighted by Crippen LogP contribution is 2.34. The van der Waals surface area contributed by atoms with Gasteiger partial charge >= 0.3 is 0 Å². The number of carbonyl (C=O) groups is 1. The van der Waals surface area contributed by atoms with E-state index in [0.29, 0.717) is 5.56 Å². The highest BCUT2D eigenvalue weighted by atomic mass is 35.5. The van der Waals surface area contributed by atoms with Gasteiger partial charge in [-0.15, -0.1) is 0 Å². The minimum atomic E-state index is -0.722. The van der Waals surface area contributed by atoms with Crippen molar-refractivity contribution in [3.8, 4) is 6.07 Å². The van der Waals surface area contributed by atoms with Crippen LogP contribution in [0.15, 0.2) is 42.0 Å². The Balaban J connectivity index is 2.30. The molecule has 0 saturated carbocycles. The summed E-state index contributed by atoms with van der Waals surface area (Å²) in [5.74, 6) is -0.722. The number of nitrogens with zero attached hydrogens (tertiary/aromatic N) is 2. The first kappa shape index (κ1) is 18.5. The molecule has 126 valence electrons. The molecule has 0 saturated heterocycles. The minimum Gasteiger partial charge on any atom is -0.319 e. The van der Waals surface area contributed by atoms with E-state index >= 15 is 0 Å². The fraction of sp³-hybridized carbons (Fsp3) is 0.0588. The van der Waals surface area contributed by atoms with Crippen LogP contribution >= 0.6 is 23.2 Å². The fourth-order valence-electron chi connectivity index (χ4n) is 1.94. The molecule has 0 aliphatic heterocycles. The van der Waals surface area contributed by atoms with Crippen molar-refractivity contribution >= 4 is 46.6 Å². The van der Waals surface area contributed by atoms with E-state index in [-0.39, 0.29) is 27.0 Å². The van der Waals surface area contributed by atoms with Gasteiger partial charge in [0.1, 0.15) is 11.6 Å². The maximum Gasteiger partial charge on any atom is 0.272 e. The van der Waals surface area contributed by atoms with Gasteiger partial charge in [-0.25, -0.2) is 0 Å². The number of carbonyl (C=O) groups excluding carboxylic acids is 1. The van der Waals surface area contributed by atoms with E-state index < -0.39 is 10.8 Å². The summed E-state index contributed by atoms with van der Waals surface area (Å²) in [4.78, 5) is 22.4. The Morgan fingerprint density at radius 2 is 1.80 bits per heavy atom. The smallest absolute Gasteiger partial charge is 0.272 e. The van der Waals surface area contributed by atoms with Crippen LogP contribution in [0.4, 0.5) is 11.4 Å². The molecule has 0 aromatic heterocycles. The van der Waals surface area contributed by atoms with Gasteiger partial charge in [-0.3, -0.25) is 14.9 Å². The van der Waals surface area contributed by atoms with Crippen molar-refractivity contribution in [2.24, 2.45) is 0 Å². The summed E-state index contributed by atoms with van der Waals surface area (Å²) >= 11 is 11.9. The van der Waals surface area contributed by atoms with Crippen LogP contribution in [0.5, 0.6) is 0 Å². The molecule has 0 aliphatic rings. The molecule has 0 radical (unpaired) electrons. The lowest BCUT2D eigenvalue weighted by atomic mass is 10.1. The quantitative estimate of drug-likeness (QED) is 0.360. The number of anilines is 1. The van der Waals surface area contributed by atoms with Gasteiger partial charge in [-0.2, -0.15) is 5.26 Å². The highest BCUT2D eigenvalue weighted by molar-refractivity contribution is 6.40. The molecule has 0 fully saturated rings. The molecule has 8 heteroatoms. The third-order valence-corrected chi connectivity index (χ3v) is 3.83. The summed E-state index contributed by atoms with van der Waals surface area (Å²) in [6, 6.07) is 11.2. The number of non-ortho nitro benzene ring substituents is 1. The molecule has 0 spiro atoms. The number of hydrogen-bond donors (Lipinski definition) is 1. The van der Waals surface area contributed by atoms with Crippen LogP contribution in [0.1, 0.15) is 11.1 Å². The van der Waals surface area contributed by atoms with Gasteiger partial charge in [0.05, 0.1) is 20.7 Å². The first-order chi connectivity index (χ1) is 11.8.